The number of rotatable bonds is 30. The SMILES string of the molecule is CC(C)C[C@H](NC=O)C(=O)N[C@@H](CCC(=O)O)C(=O)N[C@@H](CC(C)C)C(=O)N[C@@H](CC(=O)O)C(=O)N[C@@H](CCCCN)C(=O)N[C@@H](Cc1c[nH]c2ccccc12)C(=O)N[C@@H](C)C(N)=O. The number of nitrogens with two attached hydrogens (primary N) is 2. The monoisotopic (exact) mass is 900 g/mol. The number of carboxylic acids is 2. The van der Waals surface area contributed by atoms with Gasteiger partial charge in [-0.1, -0.05) is 45.9 Å². The number of hydrogen-bond donors (Lipinski definition) is 12. The van der Waals surface area contributed by atoms with Gasteiger partial charge in [0.25, 0.3) is 0 Å². The third-order valence-corrected chi connectivity index (χ3v) is 10.0. The summed E-state index contributed by atoms with van der Waals surface area (Å²) in [4.78, 5) is 132. The number of carbonyl (C=O) groups excluding carboxylic acids is 8. The van der Waals surface area contributed by atoms with Gasteiger partial charge >= 0.3 is 11.9 Å². The highest BCUT2D eigenvalue weighted by molar-refractivity contribution is 5.98. The molecule has 8 amide bonds. The van der Waals surface area contributed by atoms with Gasteiger partial charge in [0.05, 0.1) is 6.42 Å². The Morgan fingerprint density at radius 1 is 0.641 bits per heavy atom. The van der Waals surface area contributed by atoms with Crippen molar-refractivity contribution in [2.75, 3.05) is 6.54 Å². The van der Waals surface area contributed by atoms with E-state index in [0.29, 0.717) is 24.8 Å². The first-order chi connectivity index (χ1) is 30.2. The molecule has 22 nitrogen and oxygen atoms in total. The van der Waals surface area contributed by atoms with Crippen molar-refractivity contribution in [3.05, 3.63) is 36.0 Å². The zero-order valence-electron chi connectivity index (χ0n) is 36.9. The average Bonchev–Trinajstić information content (AvgIpc) is 3.62. The van der Waals surface area contributed by atoms with E-state index in [4.69, 9.17) is 11.5 Å². The minimum atomic E-state index is -1.81. The molecule has 0 aliphatic carbocycles. The Kier molecular flexibility index (Phi) is 22.4. The molecular weight excluding hydrogens is 837 g/mol. The molecule has 2 aromatic rings. The lowest BCUT2D eigenvalue weighted by Crippen LogP contribution is -2.60. The fourth-order valence-electron chi connectivity index (χ4n) is 6.67. The number of carboxylic acid groups (broad SMARTS) is 2. The molecule has 7 atom stereocenters. The van der Waals surface area contributed by atoms with Crippen LogP contribution in [0.15, 0.2) is 30.5 Å². The van der Waals surface area contributed by atoms with Gasteiger partial charge in [-0.3, -0.25) is 47.9 Å². The summed E-state index contributed by atoms with van der Waals surface area (Å²) in [6.07, 6.45) is 0.811. The normalized spacial score (nSPS) is 14.4. The van der Waals surface area contributed by atoms with Crippen molar-refractivity contribution in [2.45, 2.75) is 135 Å². The standard InChI is InChI=1S/C42H64N10O12/c1-22(2)16-30(46-21-53)39(61)49-29(13-14-34(54)55)38(60)50-31(17-23(3)4)41(63)52-33(19-35(56)57)42(64)48-28(12-8-9-15-43)37(59)51-32(40(62)47-24(5)36(44)58)18-25-20-45-27-11-7-6-10-26(25)27/h6-7,10-11,20-24,28-33,45H,8-9,12-19,43H2,1-5H3,(H2,44,58)(H,46,53)(H,47,62)(H,48,64)(H,49,61)(H,50,60)(H,51,59)(H,52,63)(H,54,55)(H,56,57)/t24-,28-,29-,30-,31-,32-,33-/m0/s1. The molecule has 14 N–H and O–H groups in total. The van der Waals surface area contributed by atoms with E-state index < -0.39 is 115 Å². The summed E-state index contributed by atoms with van der Waals surface area (Å²) in [6, 6.07) is -2.37. The fraction of sp³-hybridized carbons (Fsp3) is 0.571. The molecule has 0 spiro atoms. The van der Waals surface area contributed by atoms with E-state index in [9.17, 15) is 58.2 Å². The van der Waals surface area contributed by atoms with Crippen molar-refractivity contribution in [1.82, 2.24) is 42.2 Å². The molecular formula is C42H64N10O12. The van der Waals surface area contributed by atoms with Crippen molar-refractivity contribution in [3.63, 3.8) is 0 Å². The summed E-state index contributed by atoms with van der Waals surface area (Å²) in [7, 11) is 0. The number of benzene rings is 1. The van der Waals surface area contributed by atoms with Crippen LogP contribution in [0.4, 0.5) is 0 Å². The van der Waals surface area contributed by atoms with Gasteiger partial charge in [0, 0.05) is 29.9 Å². The number of aromatic amines is 1. The molecule has 0 aliphatic heterocycles. The van der Waals surface area contributed by atoms with Crippen molar-refractivity contribution >= 4 is 70.6 Å². The molecule has 0 radical (unpaired) electrons. The number of nitrogens with one attached hydrogen (secondary N) is 8. The number of unbranched alkanes of at least 4 members (excludes halogenated alkanes) is 1. The Bertz CT molecular complexity index is 1950. The topological polar surface area (TPSA) is 363 Å². The number of H-pyrrole nitrogens is 1. The van der Waals surface area contributed by atoms with Crippen molar-refractivity contribution < 1.29 is 58.2 Å². The largest absolute Gasteiger partial charge is 0.481 e. The molecule has 2 rings (SSSR count). The lowest BCUT2D eigenvalue weighted by molar-refractivity contribution is -0.142. The molecule has 1 heterocycles. The van der Waals surface area contributed by atoms with E-state index in [2.05, 4.69) is 42.2 Å². The first-order valence-electron chi connectivity index (χ1n) is 21.2. The van der Waals surface area contributed by atoms with E-state index in [1.54, 1.807) is 40.0 Å². The highest BCUT2D eigenvalue weighted by Crippen LogP contribution is 2.20. The number of para-hydroxylation sites is 1. The summed E-state index contributed by atoms with van der Waals surface area (Å²) < 4.78 is 0. The third kappa shape index (κ3) is 18.4. The van der Waals surface area contributed by atoms with Crippen LogP contribution in [0.3, 0.4) is 0 Å². The molecule has 354 valence electrons. The molecule has 0 bridgehead atoms. The Morgan fingerprint density at radius 3 is 1.70 bits per heavy atom. The molecule has 64 heavy (non-hydrogen) atoms. The predicted octanol–water partition coefficient (Wildman–Crippen LogP) is -1.20. The molecule has 0 fully saturated rings. The average molecular weight is 901 g/mol. The molecule has 1 aromatic carbocycles. The molecule has 0 saturated heterocycles. The molecule has 0 saturated carbocycles. The van der Waals surface area contributed by atoms with Crippen LogP contribution < -0.4 is 48.7 Å². The number of aromatic nitrogens is 1. The molecule has 0 aliphatic rings. The van der Waals surface area contributed by atoms with Crippen LogP contribution in [0.1, 0.15) is 91.5 Å². The van der Waals surface area contributed by atoms with E-state index in [0.717, 1.165) is 10.9 Å². The Balaban J connectivity index is 2.41. The van der Waals surface area contributed by atoms with E-state index in [1.807, 2.05) is 18.2 Å². The molecule has 22 heteroatoms. The Hall–Kier alpha value is -6.58. The van der Waals surface area contributed by atoms with Crippen LogP contribution in [0, 0.1) is 11.8 Å². The molecule has 1 aromatic heterocycles. The van der Waals surface area contributed by atoms with Gasteiger partial charge in [-0.05, 0) is 75.5 Å². The first kappa shape index (κ1) is 53.6. The predicted molar refractivity (Wildman–Crippen MR) is 232 cm³/mol. The smallest absolute Gasteiger partial charge is 0.305 e. The van der Waals surface area contributed by atoms with Gasteiger partial charge in [-0.25, -0.2) is 0 Å². The van der Waals surface area contributed by atoms with Crippen LogP contribution >= 0.6 is 0 Å². The van der Waals surface area contributed by atoms with Gasteiger partial charge < -0.3 is 63.9 Å². The molecule has 0 unspecified atom stereocenters. The number of hydrogen-bond acceptors (Lipinski definition) is 11. The van der Waals surface area contributed by atoms with E-state index in [-0.39, 0.29) is 44.1 Å². The minimum Gasteiger partial charge on any atom is -0.481 e. The van der Waals surface area contributed by atoms with Gasteiger partial charge in [-0.15, -0.1) is 0 Å². The maximum Gasteiger partial charge on any atom is 0.305 e. The minimum absolute atomic E-state index is 0.0303. The Morgan fingerprint density at radius 2 is 1.14 bits per heavy atom. The van der Waals surface area contributed by atoms with Crippen molar-refractivity contribution in [2.24, 2.45) is 23.3 Å². The summed E-state index contributed by atoms with van der Waals surface area (Å²) in [6.45, 7) is 8.61. The van der Waals surface area contributed by atoms with Gasteiger partial charge in [0.2, 0.25) is 47.8 Å². The zero-order valence-corrected chi connectivity index (χ0v) is 36.9. The van der Waals surface area contributed by atoms with Crippen LogP contribution in [0.25, 0.3) is 10.9 Å². The van der Waals surface area contributed by atoms with Gasteiger partial charge in [-0.2, -0.15) is 0 Å². The highest BCUT2D eigenvalue weighted by Gasteiger charge is 2.35. The quantitative estimate of drug-likeness (QED) is 0.0324. The van der Waals surface area contributed by atoms with Crippen LogP contribution in [0.5, 0.6) is 0 Å². The lowest BCUT2D eigenvalue weighted by Gasteiger charge is -2.28. The van der Waals surface area contributed by atoms with E-state index >= 15 is 0 Å². The second-order valence-corrected chi connectivity index (χ2v) is 16.4. The van der Waals surface area contributed by atoms with Crippen LogP contribution in [0.2, 0.25) is 0 Å². The fourth-order valence-corrected chi connectivity index (χ4v) is 6.67. The lowest BCUT2D eigenvalue weighted by atomic mass is 10.00. The Labute approximate surface area is 370 Å². The summed E-state index contributed by atoms with van der Waals surface area (Å²) in [5.74, 6) is -9.40. The van der Waals surface area contributed by atoms with Crippen LogP contribution in [-0.4, -0.2) is 124 Å². The zero-order chi connectivity index (χ0) is 48.1. The number of carbonyl (C=O) groups is 10. The summed E-state index contributed by atoms with van der Waals surface area (Å²) in [5.41, 5.74) is 12.5. The van der Waals surface area contributed by atoms with Crippen LogP contribution in [-0.2, 0) is 54.4 Å². The van der Waals surface area contributed by atoms with E-state index in [1.165, 1.54) is 6.92 Å². The summed E-state index contributed by atoms with van der Waals surface area (Å²) >= 11 is 0. The number of amides is 8. The second-order valence-electron chi connectivity index (χ2n) is 16.4. The maximum atomic E-state index is 14.0. The number of aliphatic carboxylic acids is 2. The highest BCUT2D eigenvalue weighted by atomic mass is 16.4. The summed E-state index contributed by atoms with van der Waals surface area (Å²) in [5, 5.41) is 37.2. The van der Waals surface area contributed by atoms with Crippen molar-refractivity contribution in [1.29, 1.82) is 0 Å². The second kappa shape index (κ2) is 26.8. The van der Waals surface area contributed by atoms with Gasteiger partial charge in [0.1, 0.15) is 42.3 Å². The number of primary amides is 1. The third-order valence-electron chi connectivity index (χ3n) is 10.0. The van der Waals surface area contributed by atoms with Gasteiger partial charge in [0.15, 0.2) is 0 Å². The first-order valence-corrected chi connectivity index (χ1v) is 21.2. The maximum absolute atomic E-state index is 14.0. The van der Waals surface area contributed by atoms with Crippen molar-refractivity contribution in [3.8, 4) is 0 Å². The number of fused-ring (bicyclic) bond motifs is 1.